The molecule has 0 aliphatic carbocycles. The minimum Gasteiger partial charge on any atom is -0.497 e. The van der Waals surface area contributed by atoms with Crippen LogP contribution in [0.2, 0.25) is 0 Å². The van der Waals surface area contributed by atoms with Crippen molar-refractivity contribution in [3.05, 3.63) is 47.9 Å². The lowest BCUT2D eigenvalue weighted by Gasteiger charge is -2.23. The molecule has 1 aliphatic heterocycles. The molecule has 7 nitrogen and oxygen atoms in total. The van der Waals surface area contributed by atoms with Crippen molar-refractivity contribution in [2.45, 2.75) is 12.3 Å². The fourth-order valence-electron chi connectivity index (χ4n) is 3.13. The average molecular weight is 368 g/mol. The number of methoxy groups -OCH3 is 3. The Morgan fingerprint density at radius 1 is 0.963 bits per heavy atom. The topological polar surface area (TPSA) is 75.8 Å². The lowest BCUT2D eigenvalue weighted by molar-refractivity contribution is 0.229. The highest BCUT2D eigenvalue weighted by molar-refractivity contribution is 5.60. The maximum Gasteiger partial charge on any atom is 0.233 e. The lowest BCUT2D eigenvalue weighted by Crippen LogP contribution is -2.19. The minimum atomic E-state index is 0.00675. The summed E-state index contributed by atoms with van der Waals surface area (Å²) < 4.78 is 27.2. The molecular formula is C20H20N2O5. The normalized spacial score (nSPS) is 15.6. The van der Waals surface area contributed by atoms with Crippen LogP contribution in [-0.2, 0) is 6.42 Å². The van der Waals surface area contributed by atoms with E-state index in [-0.39, 0.29) is 5.92 Å². The van der Waals surface area contributed by atoms with Gasteiger partial charge in [0.15, 0.2) is 11.5 Å². The van der Waals surface area contributed by atoms with Gasteiger partial charge < -0.3 is 23.5 Å². The van der Waals surface area contributed by atoms with E-state index in [2.05, 4.69) is 10.1 Å². The van der Waals surface area contributed by atoms with Gasteiger partial charge in [-0.1, -0.05) is 11.2 Å². The first kappa shape index (κ1) is 17.2. The predicted molar refractivity (Wildman–Crippen MR) is 97.8 cm³/mol. The Morgan fingerprint density at radius 3 is 2.59 bits per heavy atom. The zero-order valence-electron chi connectivity index (χ0n) is 15.4. The van der Waals surface area contributed by atoms with Crippen molar-refractivity contribution in [1.82, 2.24) is 10.1 Å². The Hall–Kier alpha value is -3.22. The molecule has 1 unspecified atom stereocenters. The van der Waals surface area contributed by atoms with E-state index in [9.17, 15) is 0 Å². The molecule has 0 saturated heterocycles. The van der Waals surface area contributed by atoms with Gasteiger partial charge in [-0.3, -0.25) is 0 Å². The molecule has 2 heterocycles. The van der Waals surface area contributed by atoms with Gasteiger partial charge in [0, 0.05) is 11.6 Å². The summed E-state index contributed by atoms with van der Waals surface area (Å²) in [6, 6.07) is 11.3. The Labute approximate surface area is 156 Å². The van der Waals surface area contributed by atoms with Crippen LogP contribution >= 0.6 is 0 Å². The Kier molecular flexibility index (Phi) is 4.58. The molecule has 1 aliphatic rings. The molecule has 0 N–H and O–H groups in total. The number of fused-ring (bicyclic) bond motifs is 1. The summed E-state index contributed by atoms with van der Waals surface area (Å²) >= 11 is 0. The first-order valence-corrected chi connectivity index (χ1v) is 8.57. The van der Waals surface area contributed by atoms with Crippen LogP contribution in [0.3, 0.4) is 0 Å². The molecule has 1 atom stereocenters. The lowest BCUT2D eigenvalue weighted by atomic mass is 9.96. The van der Waals surface area contributed by atoms with Gasteiger partial charge >= 0.3 is 0 Å². The smallest absolute Gasteiger partial charge is 0.233 e. The van der Waals surface area contributed by atoms with Crippen LogP contribution in [-0.4, -0.2) is 38.1 Å². The Balaban J connectivity index is 1.56. The van der Waals surface area contributed by atoms with E-state index in [1.165, 1.54) is 0 Å². The van der Waals surface area contributed by atoms with Crippen molar-refractivity contribution in [2.24, 2.45) is 0 Å². The predicted octanol–water partition coefficient (Wildman–Crippen LogP) is 3.48. The molecule has 0 bridgehead atoms. The standard InChI is InChI=1S/C20H20N2O5/c1-23-15-6-4-12-8-14(11-26-17(12)10-15)20-21-19(22-27-20)13-5-7-16(24-2)18(9-13)25-3/h4-7,9-10,14H,8,11H2,1-3H3. The number of nitrogens with zero attached hydrogens (tertiary/aromatic N) is 2. The SMILES string of the molecule is COc1ccc2c(c1)OCC(c1nc(-c3ccc(OC)c(OC)c3)no1)C2. The molecule has 3 aromatic rings. The largest absolute Gasteiger partial charge is 0.497 e. The average Bonchev–Trinajstić information content (AvgIpc) is 3.22. The summed E-state index contributed by atoms with van der Waals surface area (Å²) in [5.74, 6) is 3.95. The van der Waals surface area contributed by atoms with Crippen molar-refractivity contribution in [3.63, 3.8) is 0 Å². The number of hydrogen-bond acceptors (Lipinski definition) is 7. The number of ether oxygens (including phenoxy) is 4. The minimum absolute atomic E-state index is 0.00675. The highest BCUT2D eigenvalue weighted by atomic mass is 16.5. The van der Waals surface area contributed by atoms with Crippen LogP contribution in [0.1, 0.15) is 17.4 Å². The van der Waals surface area contributed by atoms with Crippen LogP contribution in [0.15, 0.2) is 40.9 Å². The summed E-state index contributed by atoms with van der Waals surface area (Å²) in [6.45, 7) is 0.480. The fraction of sp³-hybridized carbons (Fsp3) is 0.300. The molecule has 0 amide bonds. The maximum absolute atomic E-state index is 5.87. The van der Waals surface area contributed by atoms with Gasteiger partial charge in [0.2, 0.25) is 11.7 Å². The molecular weight excluding hydrogens is 348 g/mol. The third kappa shape index (κ3) is 3.28. The van der Waals surface area contributed by atoms with Gasteiger partial charge in [-0.2, -0.15) is 4.98 Å². The number of hydrogen-bond donors (Lipinski definition) is 0. The first-order chi connectivity index (χ1) is 13.2. The quantitative estimate of drug-likeness (QED) is 0.682. The van der Waals surface area contributed by atoms with Gasteiger partial charge in [0.05, 0.1) is 27.2 Å². The van der Waals surface area contributed by atoms with Gasteiger partial charge in [0.25, 0.3) is 0 Å². The third-order valence-corrected chi connectivity index (χ3v) is 4.61. The van der Waals surface area contributed by atoms with Crippen LogP contribution in [0.5, 0.6) is 23.0 Å². The zero-order chi connectivity index (χ0) is 18.8. The van der Waals surface area contributed by atoms with E-state index in [0.717, 1.165) is 29.0 Å². The van der Waals surface area contributed by atoms with E-state index in [4.69, 9.17) is 23.5 Å². The second kappa shape index (κ2) is 7.19. The van der Waals surface area contributed by atoms with Crippen molar-refractivity contribution in [2.75, 3.05) is 27.9 Å². The van der Waals surface area contributed by atoms with Crippen molar-refractivity contribution in [1.29, 1.82) is 0 Å². The molecule has 140 valence electrons. The molecule has 0 fully saturated rings. The molecule has 27 heavy (non-hydrogen) atoms. The zero-order valence-corrected chi connectivity index (χ0v) is 15.4. The Morgan fingerprint density at radius 2 is 1.81 bits per heavy atom. The van der Waals surface area contributed by atoms with Crippen LogP contribution in [0.25, 0.3) is 11.4 Å². The van der Waals surface area contributed by atoms with E-state index >= 15 is 0 Å². The van der Waals surface area contributed by atoms with Gasteiger partial charge in [-0.15, -0.1) is 0 Å². The van der Waals surface area contributed by atoms with Crippen LogP contribution in [0, 0.1) is 0 Å². The molecule has 0 spiro atoms. The monoisotopic (exact) mass is 368 g/mol. The second-order valence-electron chi connectivity index (χ2n) is 6.21. The van der Waals surface area contributed by atoms with E-state index in [1.54, 1.807) is 21.3 Å². The molecule has 1 aromatic heterocycles. The first-order valence-electron chi connectivity index (χ1n) is 8.57. The van der Waals surface area contributed by atoms with Crippen molar-refractivity contribution >= 4 is 0 Å². The highest BCUT2D eigenvalue weighted by Crippen LogP contribution is 2.36. The van der Waals surface area contributed by atoms with Crippen molar-refractivity contribution in [3.8, 4) is 34.4 Å². The van der Waals surface area contributed by atoms with Gasteiger partial charge in [-0.25, -0.2) is 0 Å². The molecule has 2 aromatic carbocycles. The Bertz CT molecular complexity index is 953. The summed E-state index contributed by atoms with van der Waals surface area (Å²) in [7, 11) is 4.83. The van der Waals surface area contributed by atoms with Crippen LogP contribution < -0.4 is 18.9 Å². The summed E-state index contributed by atoms with van der Waals surface area (Å²) in [4.78, 5) is 4.56. The van der Waals surface area contributed by atoms with Crippen molar-refractivity contribution < 1.29 is 23.5 Å². The highest BCUT2D eigenvalue weighted by Gasteiger charge is 2.27. The molecule has 0 radical (unpaired) electrons. The van der Waals surface area contributed by atoms with Gasteiger partial charge in [0.1, 0.15) is 18.1 Å². The number of aromatic nitrogens is 2. The van der Waals surface area contributed by atoms with E-state index < -0.39 is 0 Å². The molecule has 4 rings (SSSR count). The number of benzene rings is 2. The van der Waals surface area contributed by atoms with E-state index in [1.807, 2.05) is 36.4 Å². The van der Waals surface area contributed by atoms with E-state index in [0.29, 0.717) is 29.8 Å². The maximum atomic E-state index is 5.87. The third-order valence-electron chi connectivity index (χ3n) is 4.61. The van der Waals surface area contributed by atoms with Gasteiger partial charge in [-0.05, 0) is 36.2 Å². The summed E-state index contributed by atoms with van der Waals surface area (Å²) in [5, 5.41) is 4.12. The summed E-state index contributed by atoms with van der Waals surface area (Å²) in [5.41, 5.74) is 1.89. The number of rotatable bonds is 5. The second-order valence-corrected chi connectivity index (χ2v) is 6.21. The molecule has 7 heteroatoms. The van der Waals surface area contributed by atoms with Crippen LogP contribution in [0.4, 0.5) is 0 Å². The fourth-order valence-corrected chi connectivity index (χ4v) is 3.13. The molecule has 0 saturated carbocycles. The summed E-state index contributed by atoms with van der Waals surface area (Å²) in [6.07, 6.45) is 0.771.